The van der Waals surface area contributed by atoms with Crippen LogP contribution in [0.1, 0.15) is 63.0 Å². The van der Waals surface area contributed by atoms with E-state index in [1.54, 1.807) is 0 Å². The zero-order chi connectivity index (χ0) is 18.8. The fraction of sp³-hybridized carbons (Fsp3) is 0.565. The van der Waals surface area contributed by atoms with E-state index in [2.05, 4.69) is 26.0 Å². The number of nitrogens with zero attached hydrogens (tertiary/aromatic N) is 1. The predicted octanol–water partition coefficient (Wildman–Crippen LogP) is 4.25. The number of esters is 1. The van der Waals surface area contributed by atoms with Gasteiger partial charge in [0.2, 0.25) is 0 Å². The average molecular weight is 363 g/mol. The Morgan fingerprint density at radius 3 is 2.78 bits per heavy atom. The molecule has 0 N–H and O–H groups in total. The van der Waals surface area contributed by atoms with Gasteiger partial charge in [-0.15, -0.1) is 0 Å². The molecule has 4 nitrogen and oxygen atoms in total. The van der Waals surface area contributed by atoms with Gasteiger partial charge < -0.3 is 9.47 Å². The lowest BCUT2D eigenvalue weighted by Gasteiger charge is -2.22. The summed E-state index contributed by atoms with van der Waals surface area (Å²) in [4.78, 5) is 13.0. The van der Waals surface area contributed by atoms with Gasteiger partial charge >= 0.3 is 5.97 Å². The maximum atomic E-state index is 13.0. The number of fused-ring (bicyclic) bond motifs is 4. The van der Waals surface area contributed by atoms with Gasteiger partial charge in [-0.1, -0.05) is 23.8 Å². The van der Waals surface area contributed by atoms with Gasteiger partial charge in [0.05, 0.1) is 22.6 Å². The first-order valence-electron chi connectivity index (χ1n) is 10.0. The number of nitriles is 1. The summed E-state index contributed by atoms with van der Waals surface area (Å²) < 4.78 is 12.1. The van der Waals surface area contributed by atoms with Crippen molar-refractivity contribution in [1.29, 1.82) is 5.26 Å². The molecule has 0 bridgehead atoms. The molecule has 1 aromatic carbocycles. The van der Waals surface area contributed by atoms with E-state index in [-0.39, 0.29) is 35.6 Å². The van der Waals surface area contributed by atoms with Crippen LogP contribution < -0.4 is 0 Å². The van der Waals surface area contributed by atoms with Crippen molar-refractivity contribution in [2.24, 2.45) is 11.3 Å². The van der Waals surface area contributed by atoms with Crippen LogP contribution in [0.15, 0.2) is 35.9 Å². The van der Waals surface area contributed by atoms with Crippen LogP contribution in [0.2, 0.25) is 0 Å². The van der Waals surface area contributed by atoms with E-state index in [1.165, 1.54) is 5.57 Å². The van der Waals surface area contributed by atoms with Crippen molar-refractivity contribution in [2.75, 3.05) is 0 Å². The van der Waals surface area contributed by atoms with Crippen LogP contribution in [-0.2, 0) is 14.3 Å². The summed E-state index contributed by atoms with van der Waals surface area (Å²) in [6.07, 6.45) is 7.12. The molecule has 0 radical (unpaired) electrons. The molecule has 4 aliphatic rings. The molecule has 0 amide bonds. The SMILES string of the molecule is C/C1=C\CC[C@@]2(C)O[C@@H]2[C@H]2OC(=O)[C@]3(C[C@@H]3c3ccc(C#N)cc3)[C@@H]2CC1. The lowest BCUT2D eigenvalue weighted by atomic mass is 9.77. The summed E-state index contributed by atoms with van der Waals surface area (Å²) in [7, 11) is 0. The largest absolute Gasteiger partial charge is 0.459 e. The second-order valence-corrected chi connectivity index (χ2v) is 8.99. The Kier molecular flexibility index (Phi) is 3.58. The Hall–Kier alpha value is -2.12. The summed E-state index contributed by atoms with van der Waals surface area (Å²) in [5.74, 6) is 0.370. The lowest BCUT2D eigenvalue weighted by molar-refractivity contribution is -0.146. The third kappa shape index (κ3) is 2.48. The molecule has 2 heterocycles. The Bertz CT molecular complexity index is 867. The second-order valence-electron chi connectivity index (χ2n) is 8.99. The molecule has 1 saturated carbocycles. The summed E-state index contributed by atoms with van der Waals surface area (Å²) >= 11 is 0. The normalized spacial score (nSPS) is 44.3. The van der Waals surface area contributed by atoms with Gasteiger partial charge in [0.15, 0.2) is 0 Å². The van der Waals surface area contributed by atoms with E-state index in [4.69, 9.17) is 14.7 Å². The zero-order valence-electron chi connectivity index (χ0n) is 15.9. The first-order chi connectivity index (χ1) is 13.0. The molecular formula is C23H25NO3. The predicted molar refractivity (Wildman–Crippen MR) is 99.8 cm³/mol. The summed E-state index contributed by atoms with van der Waals surface area (Å²) in [6.45, 7) is 4.35. The van der Waals surface area contributed by atoms with Crippen LogP contribution in [0.3, 0.4) is 0 Å². The van der Waals surface area contributed by atoms with Crippen LogP contribution in [0.25, 0.3) is 0 Å². The molecule has 27 heavy (non-hydrogen) atoms. The smallest absolute Gasteiger partial charge is 0.313 e. The van der Waals surface area contributed by atoms with Gasteiger partial charge in [0, 0.05) is 11.8 Å². The number of carbonyl (C=O) groups is 1. The third-order valence-corrected chi connectivity index (χ3v) is 7.35. The fourth-order valence-electron chi connectivity index (χ4n) is 5.54. The first kappa shape index (κ1) is 17.0. The Morgan fingerprint density at radius 2 is 2.04 bits per heavy atom. The van der Waals surface area contributed by atoms with Crippen LogP contribution >= 0.6 is 0 Å². The third-order valence-electron chi connectivity index (χ3n) is 7.35. The van der Waals surface area contributed by atoms with Gasteiger partial charge in [0.1, 0.15) is 12.2 Å². The lowest BCUT2D eigenvalue weighted by Crippen LogP contribution is -2.31. The highest BCUT2D eigenvalue weighted by Gasteiger charge is 2.75. The molecule has 1 spiro atoms. The molecule has 6 atom stereocenters. The van der Waals surface area contributed by atoms with Crippen molar-refractivity contribution in [3.8, 4) is 6.07 Å². The van der Waals surface area contributed by atoms with Gasteiger partial charge in [-0.3, -0.25) is 4.79 Å². The van der Waals surface area contributed by atoms with Crippen molar-refractivity contribution in [1.82, 2.24) is 0 Å². The van der Waals surface area contributed by atoms with E-state index in [0.29, 0.717) is 5.56 Å². The molecule has 2 aliphatic heterocycles. The Morgan fingerprint density at radius 1 is 1.26 bits per heavy atom. The minimum Gasteiger partial charge on any atom is -0.459 e. The van der Waals surface area contributed by atoms with Gasteiger partial charge in [-0.25, -0.2) is 0 Å². The molecule has 4 heteroatoms. The van der Waals surface area contributed by atoms with Crippen LogP contribution in [0.5, 0.6) is 0 Å². The number of epoxide rings is 1. The first-order valence-corrected chi connectivity index (χ1v) is 10.0. The van der Waals surface area contributed by atoms with Crippen LogP contribution in [0, 0.1) is 22.7 Å². The molecule has 3 fully saturated rings. The highest BCUT2D eigenvalue weighted by Crippen LogP contribution is 2.70. The van der Waals surface area contributed by atoms with Crippen molar-refractivity contribution < 1.29 is 14.3 Å². The Balaban J connectivity index is 1.47. The molecule has 2 saturated heterocycles. The Labute approximate surface area is 160 Å². The number of ether oxygens (including phenoxy) is 2. The number of carbonyl (C=O) groups excluding carboxylic acids is 1. The number of rotatable bonds is 1. The van der Waals surface area contributed by atoms with Crippen molar-refractivity contribution in [3.05, 3.63) is 47.0 Å². The van der Waals surface area contributed by atoms with Crippen LogP contribution in [0.4, 0.5) is 0 Å². The van der Waals surface area contributed by atoms with E-state index < -0.39 is 5.41 Å². The summed E-state index contributed by atoms with van der Waals surface area (Å²) in [5.41, 5.74) is 2.66. The molecule has 1 aromatic rings. The molecular weight excluding hydrogens is 338 g/mol. The number of benzene rings is 1. The summed E-state index contributed by atoms with van der Waals surface area (Å²) in [6, 6.07) is 9.86. The van der Waals surface area contributed by atoms with Gasteiger partial charge in [-0.2, -0.15) is 5.26 Å². The minimum absolute atomic E-state index is 0.0365. The van der Waals surface area contributed by atoms with Crippen molar-refractivity contribution >= 4 is 5.97 Å². The average Bonchev–Trinajstić information content (AvgIpc) is 3.53. The quantitative estimate of drug-likeness (QED) is 0.425. The standard InChI is InChI=1S/C23H25NO3/c1-14-4-3-11-22(2)20(27-22)19-17(10-5-14)23(21(25)26-19)12-18(23)16-8-6-15(13-24)7-9-16/h4,6-9,17-20H,3,5,10-12H2,1-2H3/b14-4+/t17-,18-,19+,20-,22-,23-/m1/s1. The highest BCUT2D eigenvalue weighted by atomic mass is 16.6. The number of allylic oxidation sites excluding steroid dienone is 2. The van der Waals surface area contributed by atoms with Gasteiger partial charge in [-0.05, 0) is 63.6 Å². The maximum Gasteiger partial charge on any atom is 0.313 e. The van der Waals surface area contributed by atoms with Crippen molar-refractivity contribution in [2.45, 2.75) is 69.7 Å². The second kappa shape index (κ2) is 5.69. The number of hydrogen-bond donors (Lipinski definition) is 0. The van der Waals surface area contributed by atoms with E-state index in [9.17, 15) is 4.79 Å². The summed E-state index contributed by atoms with van der Waals surface area (Å²) in [5, 5.41) is 9.03. The van der Waals surface area contributed by atoms with Gasteiger partial charge in [0.25, 0.3) is 0 Å². The van der Waals surface area contributed by atoms with Crippen LogP contribution in [-0.4, -0.2) is 23.8 Å². The number of hydrogen-bond acceptors (Lipinski definition) is 4. The fourth-order valence-corrected chi connectivity index (χ4v) is 5.54. The van der Waals surface area contributed by atoms with E-state index in [0.717, 1.165) is 37.7 Å². The van der Waals surface area contributed by atoms with E-state index >= 15 is 0 Å². The highest BCUT2D eigenvalue weighted by molar-refractivity contribution is 5.85. The maximum absolute atomic E-state index is 13.0. The molecule has 5 rings (SSSR count). The molecule has 2 aliphatic carbocycles. The minimum atomic E-state index is -0.398. The molecule has 140 valence electrons. The molecule has 0 aromatic heterocycles. The van der Waals surface area contributed by atoms with Crippen molar-refractivity contribution in [3.63, 3.8) is 0 Å². The zero-order valence-corrected chi connectivity index (χ0v) is 15.9. The molecule has 0 unspecified atom stereocenters. The topological polar surface area (TPSA) is 62.6 Å². The monoisotopic (exact) mass is 363 g/mol. The van der Waals surface area contributed by atoms with E-state index in [1.807, 2.05) is 24.3 Å².